The summed E-state index contributed by atoms with van der Waals surface area (Å²) in [5, 5.41) is 16.6. The number of sulfone groups is 1. The first-order valence-corrected chi connectivity index (χ1v) is 15.4. The smallest absolute Gasteiger partial charge is 0.496 e. The molecule has 2 saturated carbocycles. The molecule has 4 unspecified atom stereocenters. The van der Waals surface area contributed by atoms with E-state index in [1.54, 1.807) is 0 Å². The number of carboxylic acids is 1. The molecule has 4 atom stereocenters. The number of amides is 2. The predicted octanol–water partition coefficient (Wildman–Crippen LogP) is 3.86. The minimum Gasteiger partial charge on any atom is -0.496 e. The first-order chi connectivity index (χ1) is 21.7. The third-order valence-electron chi connectivity index (χ3n) is 8.13. The summed E-state index contributed by atoms with van der Waals surface area (Å²) >= 11 is 0. The second-order valence-corrected chi connectivity index (χ2v) is 12.8. The zero-order chi connectivity index (χ0) is 33.4. The Morgan fingerprint density at radius 2 is 1.76 bits per heavy atom. The van der Waals surface area contributed by atoms with Crippen LogP contribution in [0.2, 0.25) is 0 Å². The van der Waals surface area contributed by atoms with Gasteiger partial charge in [0.2, 0.25) is 11.9 Å². The van der Waals surface area contributed by atoms with Crippen molar-refractivity contribution in [2.45, 2.75) is 35.7 Å². The van der Waals surface area contributed by atoms with Gasteiger partial charge < -0.3 is 25.8 Å². The predicted molar refractivity (Wildman–Crippen MR) is 154 cm³/mol. The van der Waals surface area contributed by atoms with Crippen LogP contribution in [0.25, 0.3) is 11.1 Å². The number of alkyl halides is 3. The summed E-state index contributed by atoms with van der Waals surface area (Å²) in [6.07, 6.45) is 4.49. The number of methoxy groups -OCH3 is 1. The number of anilines is 2. The van der Waals surface area contributed by atoms with Crippen molar-refractivity contribution >= 4 is 39.3 Å². The molecule has 2 amide bonds. The normalized spacial score (nSPS) is 20.6. The van der Waals surface area contributed by atoms with Crippen molar-refractivity contribution in [2.75, 3.05) is 24.3 Å². The highest BCUT2D eigenvalue weighted by Crippen LogP contribution is 2.49. The van der Waals surface area contributed by atoms with E-state index in [0.29, 0.717) is 19.3 Å². The Balaban J connectivity index is 1.37. The molecule has 4 N–H and O–H groups in total. The molecule has 0 radical (unpaired) electrons. The number of halogens is 4. The Morgan fingerprint density at radius 3 is 2.41 bits per heavy atom. The largest absolute Gasteiger partial charge is 0.501 e. The number of carboxylic acid groups (broad SMARTS) is 1. The van der Waals surface area contributed by atoms with Crippen LogP contribution < -0.4 is 20.7 Å². The molecule has 2 fully saturated rings. The molecular weight excluding hydrogens is 638 g/mol. The number of aromatic nitrogens is 2. The molecule has 3 aromatic rings. The number of carbonyl (C=O) groups excluding carboxylic acids is 2. The van der Waals surface area contributed by atoms with Gasteiger partial charge in [-0.15, -0.1) is 0 Å². The van der Waals surface area contributed by atoms with Gasteiger partial charge in [-0.3, -0.25) is 14.4 Å². The Labute approximate surface area is 259 Å². The molecule has 244 valence electrons. The number of rotatable bonds is 10. The number of ether oxygens (including phenoxy) is 1. The lowest BCUT2D eigenvalue weighted by molar-refractivity contribution is -0.135. The molecule has 2 aromatic carbocycles. The molecule has 17 heteroatoms. The van der Waals surface area contributed by atoms with E-state index in [9.17, 15) is 36.0 Å². The summed E-state index contributed by atoms with van der Waals surface area (Å²) in [4.78, 5) is 44.7. The van der Waals surface area contributed by atoms with E-state index >= 15 is 4.39 Å². The maximum atomic E-state index is 15.1. The van der Waals surface area contributed by atoms with Crippen LogP contribution in [0.4, 0.5) is 29.2 Å². The maximum absolute atomic E-state index is 15.1. The fraction of sp³-hybridized carbons (Fsp3) is 0.345. The SMILES string of the molecule is COc1cc(F)c(-c2cnc(NCC(=O)O)nc2)cc1C(=O)NC1C2CCC(C2)C1C(=O)Nc1cccc(S(=O)(=O)C(F)(F)F)c1. The molecule has 1 heterocycles. The molecule has 2 aliphatic rings. The molecule has 2 bridgehead atoms. The van der Waals surface area contributed by atoms with Gasteiger partial charge in [0.25, 0.3) is 15.7 Å². The van der Waals surface area contributed by atoms with Gasteiger partial charge in [-0.25, -0.2) is 22.8 Å². The standard InChI is InChI=1S/C29H27F4N5O7S/c1-45-22-10-21(30)19(16-11-34-28(35-12-16)36-13-23(39)40)9-20(22)26(41)38-25-15-6-5-14(7-15)24(25)27(42)37-17-3-2-4-18(8-17)46(43,44)29(31,32)33/h2-4,8-12,14-15,24-25H,5-7,13H2,1H3,(H,37,42)(H,38,41)(H,39,40)(H,34,35,36). The fourth-order valence-electron chi connectivity index (χ4n) is 6.04. The lowest BCUT2D eigenvalue weighted by Gasteiger charge is -2.31. The summed E-state index contributed by atoms with van der Waals surface area (Å²) in [6.45, 7) is -0.436. The summed E-state index contributed by atoms with van der Waals surface area (Å²) in [5.74, 6) is -4.28. The zero-order valence-electron chi connectivity index (χ0n) is 24.0. The summed E-state index contributed by atoms with van der Waals surface area (Å²) < 4.78 is 83.3. The van der Waals surface area contributed by atoms with Crippen LogP contribution in [0.15, 0.2) is 53.7 Å². The van der Waals surface area contributed by atoms with Gasteiger partial charge in [0.05, 0.1) is 23.5 Å². The second kappa shape index (κ2) is 12.5. The molecule has 0 saturated heterocycles. The topological polar surface area (TPSA) is 177 Å². The van der Waals surface area contributed by atoms with Crippen molar-refractivity contribution in [2.24, 2.45) is 17.8 Å². The third-order valence-corrected chi connectivity index (χ3v) is 9.61. The lowest BCUT2D eigenvalue weighted by Crippen LogP contribution is -2.48. The number of aliphatic carboxylic acids is 1. The Kier molecular flexibility index (Phi) is 8.88. The van der Waals surface area contributed by atoms with Crippen LogP contribution in [0.1, 0.15) is 29.6 Å². The minimum atomic E-state index is -5.64. The van der Waals surface area contributed by atoms with E-state index in [1.807, 2.05) is 0 Å². The number of benzene rings is 2. The molecule has 46 heavy (non-hydrogen) atoms. The molecule has 12 nitrogen and oxygen atoms in total. The van der Waals surface area contributed by atoms with E-state index < -0.39 is 62.3 Å². The molecular formula is C29H27F4N5O7S. The molecule has 5 rings (SSSR count). The van der Waals surface area contributed by atoms with Crippen molar-refractivity contribution in [3.05, 3.63) is 60.2 Å². The van der Waals surface area contributed by atoms with Crippen molar-refractivity contribution in [3.8, 4) is 16.9 Å². The Morgan fingerprint density at radius 1 is 1.07 bits per heavy atom. The molecule has 1 aromatic heterocycles. The number of nitrogens with zero attached hydrogens (tertiary/aromatic N) is 2. The van der Waals surface area contributed by atoms with E-state index in [4.69, 9.17) is 9.84 Å². The van der Waals surface area contributed by atoms with E-state index in [0.717, 1.165) is 24.3 Å². The maximum Gasteiger partial charge on any atom is 0.501 e. The van der Waals surface area contributed by atoms with E-state index in [2.05, 4.69) is 25.9 Å². The number of hydrogen-bond acceptors (Lipinski definition) is 9. The van der Waals surface area contributed by atoms with Gasteiger partial charge in [-0.05, 0) is 55.4 Å². The highest BCUT2D eigenvalue weighted by atomic mass is 32.2. The van der Waals surface area contributed by atoms with Crippen LogP contribution in [-0.4, -0.2) is 66.5 Å². The van der Waals surface area contributed by atoms with E-state index in [-0.39, 0.29) is 45.9 Å². The Bertz CT molecular complexity index is 1790. The van der Waals surface area contributed by atoms with Crippen LogP contribution >= 0.6 is 0 Å². The van der Waals surface area contributed by atoms with Crippen LogP contribution in [-0.2, 0) is 19.4 Å². The summed E-state index contributed by atoms with van der Waals surface area (Å²) in [6, 6.07) is 5.41. The van der Waals surface area contributed by atoms with Gasteiger partial charge in [0.15, 0.2) is 0 Å². The first-order valence-electron chi connectivity index (χ1n) is 13.9. The van der Waals surface area contributed by atoms with Gasteiger partial charge in [0.1, 0.15) is 18.1 Å². The molecule has 0 spiro atoms. The second-order valence-electron chi connectivity index (χ2n) is 10.9. The minimum absolute atomic E-state index is 0.00709. The van der Waals surface area contributed by atoms with Gasteiger partial charge >= 0.3 is 11.5 Å². The Hall–Kier alpha value is -4.80. The summed E-state index contributed by atoms with van der Waals surface area (Å²) in [5.41, 5.74) is -5.60. The zero-order valence-corrected chi connectivity index (χ0v) is 24.8. The average molecular weight is 666 g/mol. The highest BCUT2D eigenvalue weighted by molar-refractivity contribution is 7.92. The first kappa shape index (κ1) is 32.6. The lowest BCUT2D eigenvalue weighted by atomic mass is 9.83. The number of carbonyl (C=O) groups is 3. The fourth-order valence-corrected chi connectivity index (χ4v) is 6.85. The van der Waals surface area contributed by atoms with E-state index in [1.165, 1.54) is 31.6 Å². The van der Waals surface area contributed by atoms with Crippen molar-refractivity contribution in [1.82, 2.24) is 15.3 Å². The monoisotopic (exact) mass is 665 g/mol. The highest BCUT2D eigenvalue weighted by Gasteiger charge is 2.52. The molecule has 0 aliphatic heterocycles. The number of fused-ring (bicyclic) bond motifs is 2. The molecule has 2 aliphatic carbocycles. The van der Waals surface area contributed by atoms with Crippen LogP contribution in [0, 0.1) is 23.6 Å². The van der Waals surface area contributed by atoms with Gasteiger partial charge in [0, 0.05) is 41.3 Å². The average Bonchev–Trinajstić information content (AvgIpc) is 3.62. The van der Waals surface area contributed by atoms with Crippen LogP contribution in [0.3, 0.4) is 0 Å². The van der Waals surface area contributed by atoms with Crippen molar-refractivity contribution in [3.63, 3.8) is 0 Å². The van der Waals surface area contributed by atoms with Crippen molar-refractivity contribution in [1.29, 1.82) is 0 Å². The van der Waals surface area contributed by atoms with Gasteiger partial charge in [-0.1, -0.05) is 6.07 Å². The third kappa shape index (κ3) is 6.45. The van der Waals surface area contributed by atoms with Gasteiger partial charge in [-0.2, -0.15) is 13.2 Å². The quantitative estimate of drug-likeness (QED) is 0.233. The summed E-state index contributed by atoms with van der Waals surface area (Å²) in [7, 11) is -4.39. The number of hydrogen-bond donors (Lipinski definition) is 4. The van der Waals surface area contributed by atoms with Crippen molar-refractivity contribution < 1.29 is 50.2 Å². The van der Waals surface area contributed by atoms with Crippen LogP contribution in [0.5, 0.6) is 5.75 Å². The number of nitrogens with one attached hydrogen (secondary N) is 3.